The van der Waals surface area contributed by atoms with Crippen molar-refractivity contribution in [2.24, 2.45) is 0 Å². The lowest BCUT2D eigenvalue weighted by molar-refractivity contribution is 0.0799. The van der Waals surface area contributed by atoms with Crippen molar-refractivity contribution in [2.45, 2.75) is 13.3 Å². The molecule has 4 heterocycles. The Kier molecular flexibility index (Phi) is 5.18. The summed E-state index contributed by atoms with van der Waals surface area (Å²) in [6.45, 7) is 2.55. The van der Waals surface area contributed by atoms with E-state index in [0.717, 1.165) is 17.7 Å². The standard InChI is InChI=1S/C21H20N6OS/c1-13-11-14(6-9-23-13)7-10-27(2)21(28)15-12-29-20-17(15)18(22)25-19(26-20)16-5-3-4-8-24-16/h3-6,8-9,11-12H,7,10H2,1-2H3,(H2,22,25,26). The summed E-state index contributed by atoms with van der Waals surface area (Å²) in [6.07, 6.45) is 4.22. The fraction of sp³-hybridized carbons (Fsp3) is 0.190. The summed E-state index contributed by atoms with van der Waals surface area (Å²) in [7, 11) is 1.79. The Morgan fingerprint density at radius 1 is 1.17 bits per heavy atom. The number of likely N-dealkylation sites (N-methyl/N-ethyl adjacent to an activating group) is 1. The second-order valence-electron chi connectivity index (χ2n) is 6.76. The highest BCUT2D eigenvalue weighted by Gasteiger charge is 2.21. The quantitative estimate of drug-likeness (QED) is 0.548. The van der Waals surface area contributed by atoms with E-state index in [1.807, 2.05) is 37.3 Å². The lowest BCUT2D eigenvalue weighted by Gasteiger charge is -2.17. The maximum absolute atomic E-state index is 13.0. The summed E-state index contributed by atoms with van der Waals surface area (Å²) in [5.74, 6) is 0.652. The molecule has 4 rings (SSSR count). The van der Waals surface area contributed by atoms with Gasteiger partial charge < -0.3 is 10.6 Å². The number of nitrogens with zero attached hydrogens (tertiary/aromatic N) is 5. The van der Waals surface area contributed by atoms with Crippen LogP contribution in [0.2, 0.25) is 0 Å². The van der Waals surface area contributed by atoms with E-state index in [-0.39, 0.29) is 5.91 Å². The van der Waals surface area contributed by atoms with Crippen molar-refractivity contribution in [3.8, 4) is 11.5 Å². The lowest BCUT2D eigenvalue weighted by Crippen LogP contribution is -2.28. The molecule has 0 unspecified atom stereocenters. The van der Waals surface area contributed by atoms with Crippen LogP contribution in [-0.2, 0) is 6.42 Å². The molecule has 0 aliphatic rings. The molecule has 0 saturated carbocycles. The number of pyridine rings is 2. The minimum Gasteiger partial charge on any atom is -0.383 e. The first-order valence-electron chi connectivity index (χ1n) is 9.16. The molecule has 4 aromatic rings. The van der Waals surface area contributed by atoms with Crippen LogP contribution >= 0.6 is 11.3 Å². The predicted molar refractivity (Wildman–Crippen MR) is 115 cm³/mol. The number of thiophene rings is 1. The van der Waals surface area contributed by atoms with Gasteiger partial charge in [-0.1, -0.05) is 6.07 Å². The molecule has 0 spiro atoms. The zero-order valence-corrected chi connectivity index (χ0v) is 17.0. The zero-order chi connectivity index (χ0) is 20.4. The molecule has 0 fully saturated rings. The maximum Gasteiger partial charge on any atom is 0.255 e. The van der Waals surface area contributed by atoms with Gasteiger partial charge in [-0.15, -0.1) is 11.3 Å². The molecule has 4 aromatic heterocycles. The highest BCUT2D eigenvalue weighted by atomic mass is 32.1. The van der Waals surface area contributed by atoms with Crippen molar-refractivity contribution >= 4 is 33.3 Å². The average Bonchev–Trinajstić information content (AvgIpc) is 3.17. The monoisotopic (exact) mass is 404 g/mol. The largest absolute Gasteiger partial charge is 0.383 e. The number of hydrogen-bond acceptors (Lipinski definition) is 7. The minimum absolute atomic E-state index is 0.0945. The first-order chi connectivity index (χ1) is 14.0. The number of anilines is 1. The third-order valence-electron chi connectivity index (χ3n) is 4.63. The molecule has 7 nitrogen and oxygen atoms in total. The van der Waals surface area contributed by atoms with E-state index < -0.39 is 0 Å². The Morgan fingerprint density at radius 3 is 2.79 bits per heavy atom. The molecule has 0 radical (unpaired) electrons. The van der Waals surface area contributed by atoms with Gasteiger partial charge >= 0.3 is 0 Å². The third-order valence-corrected chi connectivity index (χ3v) is 5.50. The first-order valence-corrected chi connectivity index (χ1v) is 10.0. The Morgan fingerprint density at radius 2 is 2.03 bits per heavy atom. The lowest BCUT2D eigenvalue weighted by atomic mass is 10.1. The van der Waals surface area contributed by atoms with E-state index in [4.69, 9.17) is 5.73 Å². The van der Waals surface area contributed by atoms with Gasteiger partial charge in [0, 0.05) is 37.1 Å². The minimum atomic E-state index is -0.0945. The van der Waals surface area contributed by atoms with E-state index in [1.54, 1.807) is 29.7 Å². The smallest absolute Gasteiger partial charge is 0.255 e. The van der Waals surface area contributed by atoms with Crippen LogP contribution in [0.1, 0.15) is 21.6 Å². The molecular formula is C21H20N6OS. The van der Waals surface area contributed by atoms with Crippen LogP contribution < -0.4 is 5.73 Å². The van der Waals surface area contributed by atoms with Gasteiger partial charge in [0.2, 0.25) is 0 Å². The highest BCUT2D eigenvalue weighted by molar-refractivity contribution is 7.17. The van der Waals surface area contributed by atoms with Gasteiger partial charge in [0.15, 0.2) is 5.82 Å². The number of carbonyl (C=O) groups excluding carboxylic acids is 1. The zero-order valence-electron chi connectivity index (χ0n) is 16.2. The van der Waals surface area contributed by atoms with Crippen LogP contribution in [0, 0.1) is 6.92 Å². The number of nitrogens with two attached hydrogens (primary N) is 1. The molecule has 0 saturated heterocycles. The van der Waals surface area contributed by atoms with E-state index in [9.17, 15) is 4.79 Å². The Labute approximate surface area is 172 Å². The number of aryl methyl sites for hydroxylation is 1. The molecule has 0 aliphatic carbocycles. The van der Waals surface area contributed by atoms with Gasteiger partial charge in [-0.25, -0.2) is 9.97 Å². The summed E-state index contributed by atoms with van der Waals surface area (Å²) >= 11 is 1.38. The second kappa shape index (κ2) is 7.92. The molecular weight excluding hydrogens is 384 g/mol. The fourth-order valence-corrected chi connectivity index (χ4v) is 4.02. The first kappa shape index (κ1) is 18.9. The number of rotatable bonds is 5. The van der Waals surface area contributed by atoms with Crippen LogP contribution in [0.4, 0.5) is 5.82 Å². The van der Waals surface area contributed by atoms with Crippen molar-refractivity contribution in [1.29, 1.82) is 0 Å². The van der Waals surface area contributed by atoms with Crippen LogP contribution in [0.15, 0.2) is 48.1 Å². The molecule has 0 atom stereocenters. The molecule has 0 bridgehead atoms. The molecule has 29 heavy (non-hydrogen) atoms. The van der Waals surface area contributed by atoms with Crippen molar-refractivity contribution in [1.82, 2.24) is 24.8 Å². The van der Waals surface area contributed by atoms with E-state index in [1.165, 1.54) is 11.3 Å². The summed E-state index contributed by atoms with van der Waals surface area (Å²) < 4.78 is 0. The SMILES string of the molecule is Cc1cc(CCN(C)C(=O)c2csc3nc(-c4ccccn4)nc(N)c23)ccn1. The van der Waals surface area contributed by atoms with Crippen LogP contribution in [0.25, 0.3) is 21.7 Å². The maximum atomic E-state index is 13.0. The molecule has 0 aliphatic heterocycles. The summed E-state index contributed by atoms with van der Waals surface area (Å²) in [4.78, 5) is 32.8. The summed E-state index contributed by atoms with van der Waals surface area (Å²) in [6, 6.07) is 9.53. The second-order valence-corrected chi connectivity index (χ2v) is 7.62. The van der Waals surface area contributed by atoms with Crippen LogP contribution in [-0.4, -0.2) is 44.3 Å². The third kappa shape index (κ3) is 3.93. The van der Waals surface area contributed by atoms with Gasteiger partial charge in [0.25, 0.3) is 5.91 Å². The Bertz CT molecular complexity index is 1170. The van der Waals surface area contributed by atoms with Gasteiger partial charge in [-0.2, -0.15) is 0 Å². The number of nitrogen functional groups attached to an aromatic ring is 1. The van der Waals surface area contributed by atoms with Crippen LogP contribution in [0.5, 0.6) is 0 Å². The normalized spacial score (nSPS) is 11.0. The number of fused-ring (bicyclic) bond motifs is 1. The molecule has 1 amide bonds. The molecule has 146 valence electrons. The van der Waals surface area contributed by atoms with Gasteiger partial charge in [-0.3, -0.25) is 14.8 Å². The topological polar surface area (TPSA) is 97.9 Å². The fourth-order valence-electron chi connectivity index (χ4n) is 3.10. The summed E-state index contributed by atoms with van der Waals surface area (Å²) in [5, 5.41) is 2.40. The number of carbonyl (C=O) groups is 1. The average molecular weight is 404 g/mol. The number of hydrogen-bond donors (Lipinski definition) is 1. The van der Waals surface area contributed by atoms with Gasteiger partial charge in [-0.05, 0) is 43.2 Å². The van der Waals surface area contributed by atoms with E-state index in [2.05, 4.69) is 19.9 Å². The molecule has 0 aromatic carbocycles. The molecule has 2 N–H and O–H groups in total. The van der Waals surface area contributed by atoms with Crippen LogP contribution in [0.3, 0.4) is 0 Å². The highest BCUT2D eigenvalue weighted by Crippen LogP contribution is 2.31. The number of aromatic nitrogens is 4. The van der Waals surface area contributed by atoms with Crippen molar-refractivity contribution in [2.75, 3.05) is 19.3 Å². The van der Waals surface area contributed by atoms with Gasteiger partial charge in [0.1, 0.15) is 16.3 Å². The van der Waals surface area contributed by atoms with Crippen molar-refractivity contribution < 1.29 is 4.79 Å². The van der Waals surface area contributed by atoms with Crippen molar-refractivity contribution in [3.05, 3.63) is 64.9 Å². The van der Waals surface area contributed by atoms with Crippen molar-refractivity contribution in [3.63, 3.8) is 0 Å². The summed E-state index contributed by atoms with van der Waals surface area (Å²) in [5.41, 5.74) is 9.50. The van der Waals surface area contributed by atoms with Gasteiger partial charge in [0.05, 0.1) is 10.9 Å². The predicted octanol–water partition coefficient (Wildman–Crippen LogP) is 3.35. The Hall–Kier alpha value is -3.39. The molecule has 8 heteroatoms. The Balaban J connectivity index is 1.57. The number of amides is 1. The van der Waals surface area contributed by atoms with E-state index in [0.29, 0.717) is 39.7 Å². The van der Waals surface area contributed by atoms with E-state index >= 15 is 0 Å².